The number of likely N-dealkylation sites (tertiary alicyclic amines) is 1. The predicted molar refractivity (Wildman–Crippen MR) is 179 cm³/mol. The molecule has 1 unspecified atom stereocenters. The third kappa shape index (κ3) is 7.04. The number of aromatic nitrogens is 3. The third-order valence-electron chi connectivity index (χ3n) is 7.65. The summed E-state index contributed by atoms with van der Waals surface area (Å²) in [5.41, 5.74) is 4.08. The molecule has 220 valence electrons. The van der Waals surface area contributed by atoms with Crippen molar-refractivity contribution in [3.8, 4) is 0 Å². The van der Waals surface area contributed by atoms with Crippen molar-refractivity contribution in [3.05, 3.63) is 78.0 Å². The van der Waals surface area contributed by atoms with Gasteiger partial charge in [-0.15, -0.1) is 0 Å². The largest absolute Gasteiger partial charge is 0.211 e. The zero-order valence-corrected chi connectivity index (χ0v) is 27.6. The molecule has 2 amide bonds. The van der Waals surface area contributed by atoms with E-state index in [2.05, 4.69) is 103 Å². The normalized spacial score (nSPS) is 17.6. The minimum absolute atomic E-state index is 0.0114. The summed E-state index contributed by atoms with van der Waals surface area (Å²) in [5.74, 6) is 4.94. The number of nitrogens with one attached hydrogen (secondary N) is 3. The summed E-state index contributed by atoms with van der Waals surface area (Å²) in [6.07, 6.45) is 4.00. The number of rotatable bonds is 9. The summed E-state index contributed by atoms with van der Waals surface area (Å²) in [7, 11) is 4.28. The Morgan fingerprint density at radius 3 is 2.62 bits per heavy atom. The van der Waals surface area contributed by atoms with Gasteiger partial charge >= 0.3 is 149 Å². The Labute approximate surface area is 259 Å². The smallest absolute Gasteiger partial charge is 0.163 e. The molecule has 0 spiro atoms. The van der Waals surface area contributed by atoms with Crippen LogP contribution < -0.4 is 20.3 Å². The summed E-state index contributed by atoms with van der Waals surface area (Å²) in [6.45, 7) is 7.31. The molecule has 0 bridgehead atoms. The van der Waals surface area contributed by atoms with Crippen LogP contribution in [0.2, 0.25) is 0 Å². The van der Waals surface area contributed by atoms with E-state index < -0.39 is 12.3 Å². The number of urea groups is 1. The molecule has 0 saturated carbocycles. The first-order chi connectivity index (χ1) is 20.5. The zero-order valence-electron chi connectivity index (χ0n) is 24.1. The van der Waals surface area contributed by atoms with Gasteiger partial charge in [-0.2, -0.15) is 9.61 Å². The second-order valence-corrected chi connectivity index (χ2v) is 22.8. The molecule has 2 aliphatic rings. The van der Waals surface area contributed by atoms with Gasteiger partial charge in [-0.1, -0.05) is 44.2 Å². The van der Waals surface area contributed by atoms with Crippen LogP contribution in [0.5, 0.6) is 0 Å². The zero-order chi connectivity index (χ0) is 28.9. The third-order valence-corrected chi connectivity index (χ3v) is 21.4. The molecule has 11 heteroatoms. The first kappa shape index (κ1) is 29.3. The summed E-state index contributed by atoms with van der Waals surface area (Å²) < 4.78 is 3.37. The number of anilines is 3. The van der Waals surface area contributed by atoms with Crippen molar-refractivity contribution in [3.63, 3.8) is 0 Å². The van der Waals surface area contributed by atoms with Crippen LogP contribution in [0.1, 0.15) is 43.7 Å². The molecule has 3 N–H and O–H groups in total. The number of hydrogen-bond donors (Lipinski definition) is 3. The topological polar surface area (TPSA) is 86.6 Å². The number of fused-ring (bicyclic) bond motifs is 1. The molecule has 1 atom stereocenters. The van der Waals surface area contributed by atoms with Crippen molar-refractivity contribution in [2.75, 3.05) is 47.1 Å². The SMILES string of the molecule is CC(C)c1cnn2c(NCc3ccccc3)cc(NCC3CCCN(C(=O)Nc4ccc([As]5SCCS5)cc4)C3)nc12. The van der Waals surface area contributed by atoms with Crippen molar-refractivity contribution in [2.45, 2.75) is 39.2 Å². The van der Waals surface area contributed by atoms with Crippen molar-refractivity contribution in [2.24, 2.45) is 5.92 Å². The summed E-state index contributed by atoms with van der Waals surface area (Å²) in [5, 5.41) is 14.9. The standard InChI is InChI=1S/C31H38AsN7OS2/c1-22(2)27-20-35-39-29(34-18-23-7-4-3-5-8-23)17-28(37-30(27)39)33-19-24-9-6-14-38(21-24)31(40)36-26-12-10-25(11-13-26)32-41-15-16-42-32/h3-5,7-8,10-13,17,20,22,24,34H,6,9,14-16,18-19,21H2,1-2H3,(H,33,37)(H,36,40). The molecule has 4 aromatic rings. The molecule has 2 fully saturated rings. The minimum Gasteiger partial charge on any atom is -0.211 e. The molecule has 4 heterocycles. The Bertz CT molecular complexity index is 1490. The van der Waals surface area contributed by atoms with E-state index in [1.54, 1.807) is 0 Å². The molecular weight excluding hydrogens is 625 g/mol. The molecule has 2 aromatic heterocycles. The van der Waals surface area contributed by atoms with Crippen molar-refractivity contribution in [1.82, 2.24) is 19.5 Å². The maximum absolute atomic E-state index is 13.1. The van der Waals surface area contributed by atoms with E-state index in [9.17, 15) is 4.79 Å². The second kappa shape index (κ2) is 13.7. The number of piperidine rings is 1. The van der Waals surface area contributed by atoms with Gasteiger partial charge < -0.3 is 5.32 Å². The molecule has 0 radical (unpaired) electrons. The van der Waals surface area contributed by atoms with Crippen molar-refractivity contribution < 1.29 is 4.79 Å². The van der Waals surface area contributed by atoms with Crippen LogP contribution in [0.3, 0.4) is 0 Å². The average molecular weight is 664 g/mol. The summed E-state index contributed by atoms with van der Waals surface area (Å²) >= 11 is -0.989. The Morgan fingerprint density at radius 1 is 1.07 bits per heavy atom. The van der Waals surface area contributed by atoms with Gasteiger partial charge in [0.2, 0.25) is 0 Å². The van der Waals surface area contributed by atoms with Gasteiger partial charge in [-0.25, -0.2) is 4.98 Å². The fourth-order valence-electron chi connectivity index (χ4n) is 5.35. The first-order valence-electron chi connectivity index (χ1n) is 14.7. The number of amides is 2. The molecule has 6 rings (SSSR count). The Balaban J connectivity index is 1.09. The second-order valence-electron chi connectivity index (χ2n) is 11.1. The Kier molecular flexibility index (Phi) is 9.52. The van der Waals surface area contributed by atoms with Crippen LogP contribution in [-0.4, -0.2) is 69.0 Å². The van der Waals surface area contributed by atoms with E-state index in [0.29, 0.717) is 18.4 Å². The van der Waals surface area contributed by atoms with E-state index in [1.807, 2.05) is 27.7 Å². The monoisotopic (exact) mass is 663 g/mol. The van der Waals surface area contributed by atoms with Gasteiger partial charge in [0.15, 0.2) is 5.65 Å². The summed E-state index contributed by atoms with van der Waals surface area (Å²) in [4.78, 5) is 20.1. The quantitative estimate of drug-likeness (QED) is 0.190. The van der Waals surface area contributed by atoms with Gasteiger partial charge in [0, 0.05) is 18.2 Å². The van der Waals surface area contributed by atoms with E-state index in [0.717, 1.165) is 61.0 Å². The van der Waals surface area contributed by atoms with Gasteiger partial charge in [0.1, 0.15) is 5.82 Å². The van der Waals surface area contributed by atoms with Crippen LogP contribution in [0.25, 0.3) is 5.65 Å². The number of nitrogens with zero attached hydrogens (tertiary/aromatic N) is 4. The van der Waals surface area contributed by atoms with Crippen LogP contribution in [0.4, 0.5) is 22.1 Å². The van der Waals surface area contributed by atoms with E-state index in [-0.39, 0.29) is 6.03 Å². The van der Waals surface area contributed by atoms with E-state index in [1.165, 1.54) is 21.4 Å². The summed E-state index contributed by atoms with van der Waals surface area (Å²) in [6, 6.07) is 20.9. The predicted octanol–water partition coefficient (Wildman–Crippen LogP) is 6.00. The Hall–Kier alpha value is -2.81. The number of hydrogen-bond acceptors (Lipinski definition) is 7. The van der Waals surface area contributed by atoms with Crippen LogP contribution in [0, 0.1) is 5.92 Å². The first-order valence-corrected chi connectivity index (χ1v) is 22.1. The van der Waals surface area contributed by atoms with Crippen molar-refractivity contribution >= 4 is 65.7 Å². The average Bonchev–Trinajstić information content (AvgIpc) is 3.71. The van der Waals surface area contributed by atoms with Gasteiger partial charge in [0.25, 0.3) is 0 Å². The van der Waals surface area contributed by atoms with Gasteiger partial charge in [0.05, 0.1) is 6.20 Å². The number of benzene rings is 2. The minimum atomic E-state index is -0.989. The fourth-order valence-corrected chi connectivity index (χ4v) is 19.5. The molecule has 2 aliphatic heterocycles. The molecule has 2 aromatic carbocycles. The van der Waals surface area contributed by atoms with E-state index >= 15 is 0 Å². The van der Waals surface area contributed by atoms with Gasteiger partial charge in [-0.3, -0.25) is 0 Å². The molecule has 42 heavy (non-hydrogen) atoms. The molecule has 8 nitrogen and oxygen atoms in total. The number of carbonyl (C=O) groups is 1. The van der Waals surface area contributed by atoms with Crippen LogP contribution in [0.15, 0.2) is 66.9 Å². The van der Waals surface area contributed by atoms with Crippen LogP contribution >= 0.6 is 20.0 Å². The van der Waals surface area contributed by atoms with Crippen molar-refractivity contribution in [1.29, 1.82) is 0 Å². The molecule has 0 aliphatic carbocycles. The fraction of sp³-hybridized carbons (Fsp3) is 0.387. The Morgan fingerprint density at radius 2 is 1.86 bits per heavy atom. The molecule has 2 saturated heterocycles. The molecular formula is C31H38AsN7OS2. The van der Waals surface area contributed by atoms with E-state index in [4.69, 9.17) is 4.98 Å². The maximum atomic E-state index is 13.1. The number of carbonyl (C=O) groups excluding carboxylic acids is 1. The van der Waals surface area contributed by atoms with Gasteiger partial charge in [-0.05, 0) is 11.5 Å². The maximum Gasteiger partial charge on any atom is 0.163 e. The van der Waals surface area contributed by atoms with Crippen LogP contribution in [-0.2, 0) is 6.54 Å².